The van der Waals surface area contributed by atoms with Crippen LogP contribution >= 0.6 is 34.7 Å². The lowest BCUT2D eigenvalue weighted by Gasteiger charge is -2.06. The van der Waals surface area contributed by atoms with E-state index in [9.17, 15) is 0 Å². The number of unbranched alkanes of at least 4 members (excludes halogenated alkanes) is 1. The van der Waals surface area contributed by atoms with Gasteiger partial charge in [-0.05, 0) is 54.5 Å². The smallest absolute Gasteiger partial charge is 0.128 e. The number of thiophene rings is 1. The summed E-state index contributed by atoms with van der Waals surface area (Å²) < 4.78 is 5.74. The number of rotatable bonds is 8. The molecule has 0 unspecified atom stereocenters. The number of aromatic nitrogens is 2. The molecular weight excluding hydrogens is 408 g/mol. The van der Waals surface area contributed by atoms with Gasteiger partial charge >= 0.3 is 0 Å². The van der Waals surface area contributed by atoms with Crippen LogP contribution in [0.5, 0.6) is 5.75 Å². The summed E-state index contributed by atoms with van der Waals surface area (Å²) in [5, 5.41) is 2.93. The largest absolute Gasteiger partial charge is 0.494 e. The van der Waals surface area contributed by atoms with Crippen LogP contribution in [-0.4, -0.2) is 22.3 Å². The van der Waals surface area contributed by atoms with Gasteiger partial charge in [0.1, 0.15) is 21.9 Å². The van der Waals surface area contributed by atoms with Crippen LogP contribution < -0.4 is 4.74 Å². The summed E-state index contributed by atoms with van der Waals surface area (Å²) in [6.45, 7) is 0.706. The van der Waals surface area contributed by atoms with Crippen molar-refractivity contribution in [2.75, 3.05) is 12.4 Å². The highest BCUT2D eigenvalue weighted by molar-refractivity contribution is 7.99. The summed E-state index contributed by atoms with van der Waals surface area (Å²) in [5.41, 5.74) is 1.22. The van der Waals surface area contributed by atoms with E-state index in [4.69, 9.17) is 16.3 Å². The molecule has 2 heterocycles. The van der Waals surface area contributed by atoms with Crippen molar-refractivity contribution in [1.82, 2.24) is 9.97 Å². The maximum absolute atomic E-state index is 5.88. The van der Waals surface area contributed by atoms with Gasteiger partial charge in [-0.2, -0.15) is 0 Å². The second kappa shape index (κ2) is 9.41. The molecule has 0 aliphatic rings. The maximum atomic E-state index is 5.88. The lowest BCUT2D eigenvalue weighted by molar-refractivity contribution is 0.310. The van der Waals surface area contributed by atoms with E-state index < -0.39 is 0 Å². The molecule has 0 spiro atoms. The van der Waals surface area contributed by atoms with Gasteiger partial charge < -0.3 is 4.74 Å². The monoisotopic (exact) mass is 426 g/mol. The highest BCUT2D eigenvalue weighted by Crippen LogP contribution is 2.36. The van der Waals surface area contributed by atoms with Crippen LogP contribution in [0.15, 0.2) is 72.0 Å². The van der Waals surface area contributed by atoms with Gasteiger partial charge in [0, 0.05) is 15.3 Å². The third-order valence-corrected chi connectivity index (χ3v) is 6.65. The van der Waals surface area contributed by atoms with Crippen molar-refractivity contribution >= 4 is 44.9 Å². The maximum Gasteiger partial charge on any atom is 0.128 e. The van der Waals surface area contributed by atoms with Gasteiger partial charge in [-0.3, -0.25) is 0 Å². The molecule has 2 aromatic carbocycles. The molecule has 2 aromatic heterocycles. The summed E-state index contributed by atoms with van der Waals surface area (Å²) >= 11 is 9.39. The molecule has 0 fully saturated rings. The van der Waals surface area contributed by atoms with E-state index in [0.717, 1.165) is 44.6 Å². The van der Waals surface area contributed by atoms with Crippen LogP contribution in [0, 0.1) is 0 Å². The Morgan fingerprint density at radius 3 is 2.61 bits per heavy atom. The van der Waals surface area contributed by atoms with Crippen molar-refractivity contribution in [2.24, 2.45) is 0 Å². The van der Waals surface area contributed by atoms with Crippen LogP contribution in [0.3, 0.4) is 0 Å². The molecule has 0 aliphatic carbocycles. The molecule has 6 heteroatoms. The molecule has 4 aromatic rings. The van der Waals surface area contributed by atoms with Gasteiger partial charge in [0.25, 0.3) is 0 Å². The lowest BCUT2D eigenvalue weighted by Crippen LogP contribution is -1.98. The minimum Gasteiger partial charge on any atom is -0.494 e. The van der Waals surface area contributed by atoms with E-state index in [1.54, 1.807) is 29.4 Å². The number of fused-ring (bicyclic) bond motifs is 1. The van der Waals surface area contributed by atoms with E-state index in [1.165, 1.54) is 10.4 Å². The summed E-state index contributed by atoms with van der Waals surface area (Å²) in [4.78, 5) is 11.2. The zero-order valence-electron chi connectivity index (χ0n) is 15.2. The first-order valence-corrected chi connectivity index (χ1v) is 11.3. The highest BCUT2D eigenvalue weighted by atomic mass is 35.5. The van der Waals surface area contributed by atoms with E-state index in [2.05, 4.69) is 40.3 Å². The van der Waals surface area contributed by atoms with E-state index in [-0.39, 0.29) is 0 Å². The van der Waals surface area contributed by atoms with Crippen molar-refractivity contribution < 1.29 is 4.74 Å². The fourth-order valence-electron chi connectivity index (χ4n) is 2.79. The third kappa shape index (κ3) is 4.85. The van der Waals surface area contributed by atoms with Crippen LogP contribution in [-0.2, 0) is 0 Å². The van der Waals surface area contributed by atoms with Crippen molar-refractivity contribution in [1.29, 1.82) is 0 Å². The molecule has 0 amide bonds. The molecule has 3 nitrogen and oxygen atoms in total. The lowest BCUT2D eigenvalue weighted by atomic mass is 10.2. The van der Waals surface area contributed by atoms with Gasteiger partial charge in [0.15, 0.2) is 0 Å². The molecule has 142 valence electrons. The summed E-state index contributed by atoms with van der Waals surface area (Å²) in [7, 11) is 0. The van der Waals surface area contributed by atoms with Crippen molar-refractivity contribution in [2.45, 2.75) is 17.9 Å². The molecular formula is C22H19ClN2OS2. The van der Waals surface area contributed by atoms with Gasteiger partial charge in [-0.15, -0.1) is 23.1 Å². The summed E-state index contributed by atoms with van der Waals surface area (Å²) in [5.74, 6) is 1.87. The van der Waals surface area contributed by atoms with Gasteiger partial charge in [0.05, 0.1) is 6.61 Å². The van der Waals surface area contributed by atoms with Crippen molar-refractivity contribution in [3.63, 3.8) is 0 Å². The van der Waals surface area contributed by atoms with E-state index >= 15 is 0 Å². The second-order valence-corrected chi connectivity index (χ2v) is 8.78. The minimum atomic E-state index is 0.706. The Labute approximate surface area is 177 Å². The van der Waals surface area contributed by atoms with Crippen molar-refractivity contribution in [3.8, 4) is 16.2 Å². The predicted octanol–water partition coefficient (Wildman–Crippen LogP) is 6.96. The quantitative estimate of drug-likeness (QED) is 0.173. The van der Waals surface area contributed by atoms with E-state index in [0.29, 0.717) is 6.61 Å². The van der Waals surface area contributed by atoms with Crippen LogP contribution in [0.2, 0.25) is 5.02 Å². The van der Waals surface area contributed by atoms with E-state index in [1.807, 2.05) is 30.3 Å². The average molecular weight is 427 g/mol. The molecule has 28 heavy (non-hydrogen) atoms. The minimum absolute atomic E-state index is 0.706. The number of hydrogen-bond acceptors (Lipinski definition) is 5. The Morgan fingerprint density at radius 2 is 1.79 bits per heavy atom. The molecule has 0 saturated heterocycles. The topological polar surface area (TPSA) is 35.0 Å². The van der Waals surface area contributed by atoms with Gasteiger partial charge in [-0.1, -0.05) is 41.9 Å². The molecule has 0 aliphatic heterocycles. The number of ether oxygens (including phenoxy) is 1. The predicted molar refractivity (Wildman–Crippen MR) is 120 cm³/mol. The van der Waals surface area contributed by atoms with Gasteiger partial charge in [-0.25, -0.2) is 9.97 Å². The Balaban J connectivity index is 1.31. The first-order chi connectivity index (χ1) is 13.8. The fraction of sp³-hybridized carbons (Fsp3) is 0.182. The van der Waals surface area contributed by atoms with Crippen molar-refractivity contribution in [3.05, 3.63) is 72.0 Å². The van der Waals surface area contributed by atoms with Crippen LogP contribution in [0.1, 0.15) is 12.8 Å². The third-order valence-electron chi connectivity index (χ3n) is 4.21. The fourth-order valence-corrected chi connectivity index (χ4v) is 4.96. The SMILES string of the molecule is Clc1ccc(OCCCCSc2ncnc3sc(-c4ccccc4)cc23)cc1. The number of halogens is 1. The normalized spacial score (nSPS) is 11.0. The standard InChI is InChI=1S/C22H19ClN2OS2/c23-17-8-10-18(11-9-17)26-12-4-5-13-27-21-19-14-20(16-6-2-1-3-7-16)28-22(19)25-15-24-21/h1-3,6-11,14-15H,4-5,12-13H2. The summed E-state index contributed by atoms with van der Waals surface area (Å²) in [6.07, 6.45) is 3.74. The molecule has 0 N–H and O–H groups in total. The van der Waals surface area contributed by atoms with Crippen LogP contribution in [0.25, 0.3) is 20.7 Å². The number of nitrogens with zero attached hydrogens (tertiary/aromatic N) is 2. The average Bonchev–Trinajstić information content (AvgIpc) is 3.18. The molecule has 4 rings (SSSR count). The molecule has 0 atom stereocenters. The zero-order valence-corrected chi connectivity index (χ0v) is 17.6. The Hall–Kier alpha value is -2.08. The first-order valence-electron chi connectivity index (χ1n) is 9.11. The molecule has 0 radical (unpaired) electrons. The second-order valence-electron chi connectivity index (χ2n) is 6.23. The number of benzene rings is 2. The van der Waals surface area contributed by atoms with Crippen LogP contribution in [0.4, 0.5) is 0 Å². The first kappa shape index (κ1) is 19.2. The number of hydrogen-bond donors (Lipinski definition) is 0. The van der Waals surface area contributed by atoms with Gasteiger partial charge in [0.2, 0.25) is 0 Å². The molecule has 0 saturated carbocycles. The number of thioether (sulfide) groups is 1. The summed E-state index contributed by atoms with van der Waals surface area (Å²) in [6, 6.07) is 20.1. The Morgan fingerprint density at radius 1 is 0.964 bits per heavy atom. The highest BCUT2D eigenvalue weighted by Gasteiger charge is 2.10. The zero-order chi connectivity index (χ0) is 19.2. The Kier molecular flexibility index (Phi) is 6.47. The Bertz CT molecular complexity index is 1040. The molecule has 0 bridgehead atoms.